The number of anilines is 1. The Bertz CT molecular complexity index is 800. The van der Waals surface area contributed by atoms with Gasteiger partial charge in [0.2, 0.25) is 10.0 Å². The Morgan fingerprint density at radius 3 is 2.61 bits per heavy atom. The van der Waals surface area contributed by atoms with Crippen LogP contribution in [0.25, 0.3) is 0 Å². The molecule has 3 N–H and O–H groups in total. The molecular formula is C22H38N6O4S. The maximum absolute atomic E-state index is 12.9. The number of hydrogen-bond donors (Lipinski definition) is 3. The quantitative estimate of drug-likeness (QED) is 0.159. The Morgan fingerprint density at radius 2 is 1.91 bits per heavy atom. The van der Waals surface area contributed by atoms with Crippen molar-refractivity contribution in [3.05, 3.63) is 24.5 Å². The normalized spacial score (nSPS) is 17.6. The SMILES string of the molecule is N=C(NCCCCCCS(=O)(=O)N(OCCN1CCOCC1)C1CCC1)Nc1ccncc1. The highest BCUT2D eigenvalue weighted by atomic mass is 32.2. The molecule has 0 amide bonds. The average molecular weight is 483 g/mol. The summed E-state index contributed by atoms with van der Waals surface area (Å²) in [6.07, 6.45) is 9.39. The first kappa shape index (κ1) is 25.8. The Morgan fingerprint density at radius 1 is 1.18 bits per heavy atom. The second-order valence-electron chi connectivity index (χ2n) is 8.52. The van der Waals surface area contributed by atoms with Crippen molar-refractivity contribution >= 4 is 21.7 Å². The Hall–Kier alpha value is -1.79. The van der Waals surface area contributed by atoms with Crippen LogP contribution < -0.4 is 10.6 Å². The van der Waals surface area contributed by atoms with Crippen LogP contribution in [-0.2, 0) is 19.6 Å². The molecule has 10 nitrogen and oxygen atoms in total. The van der Waals surface area contributed by atoms with E-state index in [9.17, 15) is 8.42 Å². The number of nitrogens with zero attached hydrogens (tertiary/aromatic N) is 3. The summed E-state index contributed by atoms with van der Waals surface area (Å²) < 4.78 is 32.5. The number of morpholine rings is 1. The molecule has 186 valence electrons. The van der Waals surface area contributed by atoms with Crippen LogP contribution in [0.3, 0.4) is 0 Å². The van der Waals surface area contributed by atoms with E-state index < -0.39 is 10.0 Å². The fraction of sp³-hybridized carbons (Fsp3) is 0.727. The molecule has 1 aliphatic carbocycles. The van der Waals surface area contributed by atoms with Crippen molar-refractivity contribution in [3.8, 4) is 0 Å². The molecule has 0 atom stereocenters. The highest BCUT2D eigenvalue weighted by Gasteiger charge is 2.34. The molecule has 1 aliphatic heterocycles. The lowest BCUT2D eigenvalue weighted by Gasteiger charge is -2.36. The number of aromatic nitrogens is 1. The van der Waals surface area contributed by atoms with Gasteiger partial charge in [0, 0.05) is 44.3 Å². The molecule has 1 saturated carbocycles. The van der Waals surface area contributed by atoms with Gasteiger partial charge in [0.15, 0.2) is 5.96 Å². The summed E-state index contributed by atoms with van der Waals surface area (Å²) in [6, 6.07) is 3.59. The number of pyridine rings is 1. The van der Waals surface area contributed by atoms with Crippen LogP contribution >= 0.6 is 0 Å². The fourth-order valence-electron chi connectivity index (χ4n) is 3.79. The van der Waals surface area contributed by atoms with E-state index in [1.54, 1.807) is 24.5 Å². The van der Waals surface area contributed by atoms with Crippen molar-refractivity contribution in [1.82, 2.24) is 19.7 Å². The fourth-order valence-corrected chi connectivity index (χ4v) is 5.43. The van der Waals surface area contributed by atoms with E-state index in [-0.39, 0.29) is 17.8 Å². The summed E-state index contributed by atoms with van der Waals surface area (Å²) in [6.45, 7) is 4.97. The van der Waals surface area contributed by atoms with E-state index in [2.05, 4.69) is 20.5 Å². The second-order valence-corrected chi connectivity index (χ2v) is 10.5. The van der Waals surface area contributed by atoms with Crippen LogP contribution in [-0.4, -0.2) is 86.5 Å². The van der Waals surface area contributed by atoms with E-state index >= 15 is 0 Å². The van der Waals surface area contributed by atoms with Gasteiger partial charge in [-0.05, 0) is 37.8 Å². The highest BCUT2D eigenvalue weighted by Crippen LogP contribution is 2.28. The number of hydrogen-bond acceptors (Lipinski definition) is 7. The van der Waals surface area contributed by atoms with Gasteiger partial charge < -0.3 is 15.4 Å². The third-order valence-electron chi connectivity index (χ3n) is 5.96. The predicted molar refractivity (Wildman–Crippen MR) is 129 cm³/mol. The molecule has 2 fully saturated rings. The smallest absolute Gasteiger partial charge is 0.236 e. The summed E-state index contributed by atoms with van der Waals surface area (Å²) in [4.78, 5) is 12.0. The summed E-state index contributed by atoms with van der Waals surface area (Å²) >= 11 is 0. The molecule has 0 aromatic carbocycles. The average Bonchev–Trinajstić information content (AvgIpc) is 2.78. The number of unbranched alkanes of at least 4 members (excludes halogenated alkanes) is 3. The van der Waals surface area contributed by atoms with Crippen LogP contribution in [0.15, 0.2) is 24.5 Å². The van der Waals surface area contributed by atoms with E-state index in [0.29, 0.717) is 19.6 Å². The van der Waals surface area contributed by atoms with Crippen molar-refractivity contribution < 1.29 is 18.0 Å². The number of guanidine groups is 1. The van der Waals surface area contributed by atoms with Crippen LogP contribution in [0, 0.1) is 5.41 Å². The van der Waals surface area contributed by atoms with Gasteiger partial charge in [-0.2, -0.15) is 0 Å². The van der Waals surface area contributed by atoms with Crippen LogP contribution in [0.5, 0.6) is 0 Å². The molecule has 2 aliphatic rings. The molecule has 33 heavy (non-hydrogen) atoms. The lowest BCUT2D eigenvalue weighted by atomic mass is 9.94. The minimum absolute atomic E-state index is 0.0113. The van der Waals surface area contributed by atoms with Crippen molar-refractivity contribution in [2.75, 3.05) is 57.1 Å². The van der Waals surface area contributed by atoms with Crippen LogP contribution in [0.2, 0.25) is 0 Å². The maximum Gasteiger partial charge on any atom is 0.236 e. The molecule has 0 unspecified atom stereocenters. The Kier molecular flexibility index (Phi) is 10.8. The Labute approximate surface area is 197 Å². The van der Waals surface area contributed by atoms with Gasteiger partial charge >= 0.3 is 0 Å². The zero-order valence-corrected chi connectivity index (χ0v) is 20.2. The van der Waals surface area contributed by atoms with E-state index in [1.807, 2.05) is 0 Å². The first-order chi connectivity index (χ1) is 16.0. The number of ether oxygens (including phenoxy) is 1. The van der Waals surface area contributed by atoms with E-state index in [1.165, 1.54) is 4.47 Å². The topological polar surface area (TPSA) is 120 Å². The van der Waals surface area contributed by atoms with Gasteiger partial charge in [0.25, 0.3) is 0 Å². The molecule has 1 aromatic heterocycles. The number of sulfonamides is 1. The predicted octanol–water partition coefficient (Wildman–Crippen LogP) is 2.03. The zero-order chi connectivity index (χ0) is 23.4. The molecule has 11 heteroatoms. The van der Waals surface area contributed by atoms with Crippen molar-refractivity contribution in [1.29, 1.82) is 5.41 Å². The van der Waals surface area contributed by atoms with Gasteiger partial charge in [0.1, 0.15) is 0 Å². The summed E-state index contributed by atoms with van der Waals surface area (Å²) in [5.74, 6) is 0.364. The minimum atomic E-state index is -3.42. The van der Waals surface area contributed by atoms with Gasteiger partial charge in [0.05, 0.1) is 31.6 Å². The largest absolute Gasteiger partial charge is 0.379 e. The molecule has 0 radical (unpaired) electrons. The van der Waals surface area contributed by atoms with E-state index in [4.69, 9.17) is 15.0 Å². The van der Waals surface area contributed by atoms with Gasteiger partial charge in [-0.1, -0.05) is 23.7 Å². The maximum atomic E-state index is 12.9. The third kappa shape index (κ3) is 9.17. The molecule has 0 spiro atoms. The molecule has 0 bridgehead atoms. The monoisotopic (exact) mass is 482 g/mol. The van der Waals surface area contributed by atoms with Crippen molar-refractivity contribution in [3.63, 3.8) is 0 Å². The second kappa shape index (κ2) is 13.8. The lowest BCUT2D eigenvalue weighted by Crippen LogP contribution is -2.46. The third-order valence-corrected chi connectivity index (χ3v) is 7.71. The number of rotatable bonds is 14. The zero-order valence-electron chi connectivity index (χ0n) is 19.4. The minimum Gasteiger partial charge on any atom is -0.379 e. The van der Waals surface area contributed by atoms with Crippen molar-refractivity contribution in [2.24, 2.45) is 0 Å². The Balaban J connectivity index is 1.28. The number of hydroxylamine groups is 1. The van der Waals surface area contributed by atoms with Gasteiger partial charge in [-0.25, -0.2) is 8.42 Å². The molecular weight excluding hydrogens is 444 g/mol. The molecule has 2 heterocycles. The van der Waals surface area contributed by atoms with E-state index in [0.717, 1.165) is 77.1 Å². The lowest BCUT2D eigenvalue weighted by molar-refractivity contribution is -0.135. The van der Waals surface area contributed by atoms with Crippen molar-refractivity contribution in [2.45, 2.75) is 51.0 Å². The van der Waals surface area contributed by atoms with Crippen LogP contribution in [0.1, 0.15) is 44.9 Å². The first-order valence-electron chi connectivity index (χ1n) is 12.0. The van der Waals surface area contributed by atoms with Gasteiger partial charge in [-0.3, -0.25) is 20.1 Å². The standard InChI is InChI=1S/C22H38N6O4S/c23-22(26-20-8-11-24-12-9-20)25-10-3-1-2-4-19-33(29,30)28(21-6-5-7-21)32-18-15-27-13-16-31-17-14-27/h8-9,11-12,21H,1-7,10,13-19H2,(H3,23,24,25,26). The summed E-state index contributed by atoms with van der Waals surface area (Å²) in [5.41, 5.74) is 0.816. The summed E-state index contributed by atoms with van der Waals surface area (Å²) in [5, 5.41) is 13.9. The summed E-state index contributed by atoms with van der Waals surface area (Å²) in [7, 11) is -3.42. The first-order valence-corrected chi connectivity index (χ1v) is 13.6. The number of nitrogens with one attached hydrogen (secondary N) is 3. The van der Waals surface area contributed by atoms with Gasteiger partial charge in [-0.15, -0.1) is 0 Å². The highest BCUT2D eigenvalue weighted by molar-refractivity contribution is 7.88. The molecule has 1 aromatic rings. The molecule has 1 saturated heterocycles. The molecule has 3 rings (SSSR count). The van der Waals surface area contributed by atoms with Crippen LogP contribution in [0.4, 0.5) is 5.69 Å².